The first-order valence-corrected chi connectivity index (χ1v) is 5.62. The third-order valence-electron chi connectivity index (χ3n) is 2.61. The fourth-order valence-electron chi connectivity index (χ4n) is 1.38. The monoisotopic (exact) mass is 220 g/mol. The molecule has 0 spiro atoms. The smallest absolute Gasteiger partial charge is 0.122 e. The van der Waals surface area contributed by atoms with Crippen LogP contribution in [-0.2, 0) is 0 Å². The molecule has 0 aliphatic heterocycles. The lowest BCUT2D eigenvalue weighted by atomic mass is 10.1. The lowest BCUT2D eigenvalue weighted by Gasteiger charge is -2.12. The Hall–Kier alpha value is -1.28. The summed E-state index contributed by atoms with van der Waals surface area (Å²) in [4.78, 5) is 0. The highest BCUT2D eigenvalue weighted by Crippen LogP contribution is 2.23. The minimum absolute atomic E-state index is 0.432. The van der Waals surface area contributed by atoms with Gasteiger partial charge in [-0.15, -0.1) is 0 Å². The lowest BCUT2D eigenvalue weighted by molar-refractivity contribution is 0.199. The Kier molecular flexibility index (Phi) is 4.56. The zero-order chi connectivity index (χ0) is 12.1. The van der Waals surface area contributed by atoms with E-state index in [9.17, 15) is 5.11 Å². The van der Waals surface area contributed by atoms with Crippen LogP contribution < -0.4 is 4.74 Å². The van der Waals surface area contributed by atoms with Crippen LogP contribution in [0.15, 0.2) is 30.4 Å². The van der Waals surface area contributed by atoms with Crippen LogP contribution >= 0.6 is 0 Å². The van der Waals surface area contributed by atoms with E-state index in [-0.39, 0.29) is 0 Å². The second kappa shape index (κ2) is 5.71. The van der Waals surface area contributed by atoms with Crippen LogP contribution in [0.4, 0.5) is 0 Å². The van der Waals surface area contributed by atoms with Gasteiger partial charge in [-0.25, -0.2) is 0 Å². The zero-order valence-electron chi connectivity index (χ0n) is 10.3. The second-order valence-electron chi connectivity index (χ2n) is 4.09. The molecule has 88 valence electrons. The molecule has 0 saturated carbocycles. The minimum atomic E-state index is -0.432. The van der Waals surface area contributed by atoms with Crippen LogP contribution in [0.1, 0.15) is 37.5 Å². The number of hydrogen-bond donors (Lipinski definition) is 1. The van der Waals surface area contributed by atoms with Crippen molar-refractivity contribution in [2.75, 3.05) is 6.61 Å². The van der Waals surface area contributed by atoms with Gasteiger partial charge in [0.1, 0.15) is 12.4 Å². The maximum absolute atomic E-state index is 9.44. The molecule has 16 heavy (non-hydrogen) atoms. The molecule has 1 aromatic rings. The van der Waals surface area contributed by atoms with E-state index in [0.717, 1.165) is 28.9 Å². The van der Waals surface area contributed by atoms with Gasteiger partial charge in [-0.05, 0) is 49.1 Å². The van der Waals surface area contributed by atoms with Gasteiger partial charge in [0.05, 0.1) is 6.10 Å². The molecule has 0 saturated heterocycles. The average Bonchev–Trinajstić information content (AvgIpc) is 2.26. The summed E-state index contributed by atoms with van der Waals surface area (Å²) in [5.74, 6) is 0.860. The van der Waals surface area contributed by atoms with E-state index >= 15 is 0 Å². The number of benzene rings is 1. The third kappa shape index (κ3) is 3.38. The maximum atomic E-state index is 9.44. The number of ether oxygens (including phenoxy) is 1. The summed E-state index contributed by atoms with van der Waals surface area (Å²) in [6.45, 7) is 10.3. The van der Waals surface area contributed by atoms with Crippen molar-refractivity contribution in [3.8, 4) is 5.75 Å². The molecule has 0 heterocycles. The van der Waals surface area contributed by atoms with Crippen molar-refractivity contribution >= 4 is 0 Å². The fraction of sp³-hybridized carbons (Fsp3) is 0.429. The molecule has 1 atom stereocenters. The van der Waals surface area contributed by atoms with E-state index in [1.807, 2.05) is 25.1 Å². The second-order valence-corrected chi connectivity index (χ2v) is 4.09. The summed E-state index contributed by atoms with van der Waals surface area (Å²) >= 11 is 0. The summed E-state index contributed by atoms with van der Waals surface area (Å²) in [6, 6.07) is 5.75. The van der Waals surface area contributed by atoms with Gasteiger partial charge in [-0.3, -0.25) is 0 Å². The number of aliphatic hydroxyl groups is 1. The summed E-state index contributed by atoms with van der Waals surface area (Å²) < 4.78 is 5.64. The minimum Gasteiger partial charge on any atom is -0.489 e. The number of aliphatic hydroxyl groups excluding tert-OH is 1. The number of rotatable bonds is 5. The van der Waals surface area contributed by atoms with Crippen molar-refractivity contribution in [2.45, 2.75) is 33.3 Å². The van der Waals surface area contributed by atoms with Crippen LogP contribution in [0.3, 0.4) is 0 Å². The Morgan fingerprint density at radius 2 is 2.19 bits per heavy atom. The lowest BCUT2D eigenvalue weighted by Crippen LogP contribution is -2.01. The topological polar surface area (TPSA) is 29.5 Å². The molecular weight excluding hydrogens is 200 g/mol. The van der Waals surface area contributed by atoms with E-state index in [1.165, 1.54) is 0 Å². The van der Waals surface area contributed by atoms with E-state index < -0.39 is 6.10 Å². The van der Waals surface area contributed by atoms with Crippen molar-refractivity contribution in [1.29, 1.82) is 0 Å². The summed E-state index contributed by atoms with van der Waals surface area (Å²) in [5, 5.41) is 9.44. The van der Waals surface area contributed by atoms with E-state index in [0.29, 0.717) is 6.61 Å². The van der Waals surface area contributed by atoms with E-state index in [2.05, 4.69) is 13.5 Å². The van der Waals surface area contributed by atoms with E-state index in [4.69, 9.17) is 4.74 Å². The molecule has 0 aliphatic rings. The van der Waals surface area contributed by atoms with Crippen molar-refractivity contribution in [1.82, 2.24) is 0 Å². The summed E-state index contributed by atoms with van der Waals surface area (Å²) in [6.07, 6.45) is 0.503. The van der Waals surface area contributed by atoms with Crippen LogP contribution in [0.25, 0.3) is 0 Å². The van der Waals surface area contributed by atoms with Crippen LogP contribution in [-0.4, -0.2) is 11.7 Å². The molecule has 1 aromatic carbocycles. The Balaban J connectivity index is 2.72. The van der Waals surface area contributed by atoms with Gasteiger partial charge in [0.25, 0.3) is 0 Å². The molecule has 0 fully saturated rings. The number of aryl methyl sites for hydroxylation is 1. The Bertz CT molecular complexity index is 367. The molecule has 0 bridgehead atoms. The van der Waals surface area contributed by atoms with Gasteiger partial charge >= 0.3 is 0 Å². The normalized spacial score (nSPS) is 12.2. The SMILES string of the molecule is C=C(CC)COc1ccc(C(C)O)cc1C. The van der Waals surface area contributed by atoms with Crippen molar-refractivity contribution in [3.63, 3.8) is 0 Å². The van der Waals surface area contributed by atoms with E-state index in [1.54, 1.807) is 6.92 Å². The van der Waals surface area contributed by atoms with Crippen molar-refractivity contribution in [3.05, 3.63) is 41.5 Å². The summed E-state index contributed by atoms with van der Waals surface area (Å²) in [7, 11) is 0. The molecular formula is C14H20O2. The Labute approximate surface area is 97.6 Å². The van der Waals surface area contributed by atoms with Gasteiger partial charge in [-0.2, -0.15) is 0 Å². The molecule has 0 aliphatic carbocycles. The Morgan fingerprint density at radius 1 is 1.50 bits per heavy atom. The van der Waals surface area contributed by atoms with Gasteiger partial charge < -0.3 is 9.84 Å². The highest BCUT2D eigenvalue weighted by atomic mass is 16.5. The summed E-state index contributed by atoms with van der Waals surface area (Å²) in [5.41, 5.74) is 3.04. The predicted octanol–water partition coefficient (Wildman–Crippen LogP) is 3.39. The molecule has 1 N–H and O–H groups in total. The highest BCUT2D eigenvalue weighted by Gasteiger charge is 2.05. The standard InChI is InChI=1S/C14H20O2/c1-5-10(2)9-16-14-7-6-13(12(4)15)8-11(14)3/h6-8,12,15H,2,5,9H2,1,3-4H3. The molecule has 1 rings (SSSR count). The van der Waals surface area contributed by atoms with Gasteiger partial charge in [0.2, 0.25) is 0 Å². The predicted molar refractivity (Wildman–Crippen MR) is 66.7 cm³/mol. The van der Waals surface area contributed by atoms with Crippen molar-refractivity contribution < 1.29 is 9.84 Å². The van der Waals surface area contributed by atoms with Crippen LogP contribution in [0.2, 0.25) is 0 Å². The largest absolute Gasteiger partial charge is 0.489 e. The Morgan fingerprint density at radius 3 is 2.69 bits per heavy atom. The molecule has 0 aromatic heterocycles. The molecule has 0 radical (unpaired) electrons. The third-order valence-corrected chi connectivity index (χ3v) is 2.61. The van der Waals surface area contributed by atoms with Gasteiger partial charge in [0.15, 0.2) is 0 Å². The van der Waals surface area contributed by atoms with Crippen molar-refractivity contribution in [2.24, 2.45) is 0 Å². The van der Waals surface area contributed by atoms with Gasteiger partial charge in [0, 0.05) is 0 Å². The average molecular weight is 220 g/mol. The van der Waals surface area contributed by atoms with Crippen LogP contribution in [0.5, 0.6) is 5.75 Å². The fourth-order valence-corrected chi connectivity index (χ4v) is 1.38. The zero-order valence-corrected chi connectivity index (χ0v) is 10.3. The van der Waals surface area contributed by atoms with Gasteiger partial charge in [-0.1, -0.05) is 19.6 Å². The first-order chi connectivity index (χ1) is 7.54. The molecule has 2 nitrogen and oxygen atoms in total. The number of hydrogen-bond acceptors (Lipinski definition) is 2. The quantitative estimate of drug-likeness (QED) is 0.771. The molecule has 1 unspecified atom stereocenters. The maximum Gasteiger partial charge on any atom is 0.122 e. The highest BCUT2D eigenvalue weighted by molar-refractivity contribution is 5.37. The first-order valence-electron chi connectivity index (χ1n) is 5.62. The first kappa shape index (κ1) is 12.8. The molecule has 0 amide bonds. The molecule has 2 heteroatoms. The van der Waals surface area contributed by atoms with Crippen LogP contribution in [0, 0.1) is 6.92 Å².